The van der Waals surface area contributed by atoms with Crippen LogP contribution < -0.4 is 19.7 Å². The van der Waals surface area contributed by atoms with E-state index in [1.807, 2.05) is 0 Å². The number of anilines is 2. The molecule has 2 aromatic carbocycles. The van der Waals surface area contributed by atoms with Crippen LogP contribution in [0.2, 0.25) is 0 Å². The van der Waals surface area contributed by atoms with Crippen molar-refractivity contribution in [3.8, 4) is 11.5 Å². The Bertz CT molecular complexity index is 925. The van der Waals surface area contributed by atoms with Gasteiger partial charge in [-0.3, -0.25) is 9.59 Å². The topological polar surface area (TPSA) is 94.2 Å². The predicted octanol–water partition coefficient (Wildman–Crippen LogP) is 2.48. The predicted molar refractivity (Wildman–Crippen MR) is 106 cm³/mol. The van der Waals surface area contributed by atoms with E-state index in [0.717, 1.165) is 0 Å². The maximum atomic E-state index is 12.7. The Hall–Kier alpha value is -3.55. The third-order valence-corrected chi connectivity index (χ3v) is 4.75. The summed E-state index contributed by atoms with van der Waals surface area (Å²) in [6.07, 6.45) is 0.0897. The van der Waals surface area contributed by atoms with Crippen LogP contribution >= 0.6 is 0 Å². The molecular weight excluding hydrogens is 376 g/mol. The van der Waals surface area contributed by atoms with Gasteiger partial charge in [0.25, 0.3) is 0 Å². The van der Waals surface area contributed by atoms with Gasteiger partial charge in [0.2, 0.25) is 11.8 Å². The summed E-state index contributed by atoms with van der Waals surface area (Å²) in [6.45, 7) is 0.231. The van der Waals surface area contributed by atoms with Crippen LogP contribution in [0.3, 0.4) is 0 Å². The van der Waals surface area contributed by atoms with Gasteiger partial charge < -0.3 is 24.4 Å². The van der Waals surface area contributed by atoms with E-state index in [1.165, 1.54) is 19.1 Å². The molecule has 152 valence electrons. The average Bonchev–Trinajstić information content (AvgIpc) is 3.14. The summed E-state index contributed by atoms with van der Waals surface area (Å²) in [5.74, 6) is -0.289. The smallest absolute Gasteiger partial charge is 0.337 e. The summed E-state index contributed by atoms with van der Waals surface area (Å²) in [7, 11) is 4.37. The maximum Gasteiger partial charge on any atom is 0.337 e. The van der Waals surface area contributed by atoms with E-state index in [-0.39, 0.29) is 24.8 Å². The highest BCUT2D eigenvalue weighted by Gasteiger charge is 2.36. The number of hydrogen-bond acceptors (Lipinski definition) is 6. The lowest BCUT2D eigenvalue weighted by Gasteiger charge is -2.20. The molecule has 1 fully saturated rings. The molecule has 2 amide bonds. The fourth-order valence-corrected chi connectivity index (χ4v) is 3.18. The quantitative estimate of drug-likeness (QED) is 0.752. The van der Waals surface area contributed by atoms with Crippen molar-refractivity contribution in [1.29, 1.82) is 0 Å². The van der Waals surface area contributed by atoms with Gasteiger partial charge in [-0.25, -0.2) is 4.79 Å². The molecule has 1 heterocycles. The number of rotatable bonds is 6. The summed E-state index contributed by atoms with van der Waals surface area (Å²) >= 11 is 0. The van der Waals surface area contributed by atoms with Gasteiger partial charge in [0.15, 0.2) is 0 Å². The van der Waals surface area contributed by atoms with E-state index in [1.54, 1.807) is 49.6 Å². The zero-order chi connectivity index (χ0) is 21.0. The third kappa shape index (κ3) is 4.31. The van der Waals surface area contributed by atoms with Gasteiger partial charge in [0.05, 0.1) is 38.5 Å². The van der Waals surface area contributed by atoms with Crippen LogP contribution in [-0.4, -0.2) is 45.7 Å². The standard InChI is InChI=1S/C21H22N2O6/c1-27-16-8-9-18(28-2)17(11-16)23-12-14(10-19(23)24)20(25)22-15-6-4-13(5-7-15)21(26)29-3/h4-9,11,14H,10,12H2,1-3H3,(H,22,25)/t14-/m1/s1. The van der Waals surface area contributed by atoms with Crippen LogP contribution in [0.1, 0.15) is 16.8 Å². The largest absolute Gasteiger partial charge is 0.497 e. The molecule has 0 aliphatic carbocycles. The van der Waals surface area contributed by atoms with Crippen molar-refractivity contribution < 1.29 is 28.6 Å². The fraction of sp³-hybridized carbons (Fsp3) is 0.286. The highest BCUT2D eigenvalue weighted by atomic mass is 16.5. The SMILES string of the molecule is COC(=O)c1ccc(NC(=O)[C@@H]2CC(=O)N(c3cc(OC)ccc3OC)C2)cc1. The number of benzene rings is 2. The van der Waals surface area contributed by atoms with Gasteiger partial charge in [-0.1, -0.05) is 0 Å². The molecule has 0 bridgehead atoms. The number of ether oxygens (including phenoxy) is 3. The monoisotopic (exact) mass is 398 g/mol. The van der Waals surface area contributed by atoms with Gasteiger partial charge in [-0.15, -0.1) is 0 Å². The molecule has 1 aliphatic rings. The molecule has 8 nitrogen and oxygen atoms in total. The Morgan fingerprint density at radius 2 is 1.76 bits per heavy atom. The van der Waals surface area contributed by atoms with Gasteiger partial charge in [-0.05, 0) is 36.4 Å². The summed E-state index contributed by atoms with van der Waals surface area (Å²) in [6, 6.07) is 11.5. The number of nitrogens with zero attached hydrogens (tertiary/aromatic N) is 1. The highest BCUT2D eigenvalue weighted by molar-refractivity contribution is 6.04. The summed E-state index contributed by atoms with van der Waals surface area (Å²) in [5.41, 5.74) is 1.49. The first kappa shape index (κ1) is 20.2. The zero-order valence-corrected chi connectivity index (χ0v) is 16.4. The summed E-state index contributed by atoms with van der Waals surface area (Å²) in [4.78, 5) is 38.2. The molecule has 1 N–H and O–H groups in total. The maximum absolute atomic E-state index is 12.7. The van der Waals surface area contributed by atoms with Gasteiger partial charge in [0.1, 0.15) is 11.5 Å². The lowest BCUT2D eigenvalue weighted by molar-refractivity contribution is -0.122. The first-order valence-corrected chi connectivity index (χ1v) is 8.98. The second-order valence-corrected chi connectivity index (χ2v) is 6.50. The molecule has 0 aromatic heterocycles. The molecule has 0 radical (unpaired) electrons. The minimum Gasteiger partial charge on any atom is -0.497 e. The third-order valence-electron chi connectivity index (χ3n) is 4.75. The number of methoxy groups -OCH3 is 3. The van der Waals surface area contributed by atoms with Crippen molar-refractivity contribution >= 4 is 29.2 Å². The van der Waals surface area contributed by atoms with E-state index in [9.17, 15) is 14.4 Å². The molecule has 8 heteroatoms. The fourth-order valence-electron chi connectivity index (χ4n) is 3.18. The molecule has 3 rings (SSSR count). The second-order valence-electron chi connectivity index (χ2n) is 6.50. The first-order valence-electron chi connectivity index (χ1n) is 8.98. The van der Waals surface area contributed by atoms with Crippen molar-refractivity contribution in [2.45, 2.75) is 6.42 Å². The molecular formula is C21H22N2O6. The number of nitrogens with one attached hydrogen (secondary N) is 1. The second kappa shape index (κ2) is 8.64. The molecule has 29 heavy (non-hydrogen) atoms. The van der Waals surface area contributed by atoms with Crippen molar-refractivity contribution in [2.75, 3.05) is 38.1 Å². The molecule has 2 aromatic rings. The Labute approximate surface area is 168 Å². The lowest BCUT2D eigenvalue weighted by atomic mass is 10.1. The normalized spacial score (nSPS) is 15.8. The molecule has 1 saturated heterocycles. The Morgan fingerprint density at radius 3 is 2.38 bits per heavy atom. The number of amides is 2. The Morgan fingerprint density at radius 1 is 1.03 bits per heavy atom. The minimum absolute atomic E-state index is 0.0897. The minimum atomic E-state index is -0.515. The van der Waals surface area contributed by atoms with E-state index in [2.05, 4.69) is 10.1 Å². The summed E-state index contributed by atoms with van der Waals surface area (Å²) in [5, 5.41) is 2.79. The Kier molecular flexibility index (Phi) is 6.01. The molecule has 1 aliphatic heterocycles. The van der Waals surface area contributed by atoms with E-state index >= 15 is 0 Å². The lowest BCUT2D eigenvalue weighted by Crippen LogP contribution is -2.28. The van der Waals surface area contributed by atoms with Crippen LogP contribution in [0.4, 0.5) is 11.4 Å². The number of carbonyl (C=O) groups is 3. The number of hydrogen-bond donors (Lipinski definition) is 1. The van der Waals surface area contributed by atoms with Crippen LogP contribution in [0.5, 0.6) is 11.5 Å². The van der Waals surface area contributed by atoms with Crippen molar-refractivity contribution in [2.24, 2.45) is 5.92 Å². The van der Waals surface area contributed by atoms with Crippen LogP contribution in [0.25, 0.3) is 0 Å². The van der Waals surface area contributed by atoms with E-state index < -0.39 is 11.9 Å². The van der Waals surface area contributed by atoms with Crippen LogP contribution in [-0.2, 0) is 14.3 Å². The average molecular weight is 398 g/mol. The van der Waals surface area contributed by atoms with Crippen molar-refractivity contribution in [1.82, 2.24) is 0 Å². The number of carbonyl (C=O) groups excluding carboxylic acids is 3. The van der Waals surface area contributed by atoms with E-state index in [4.69, 9.17) is 9.47 Å². The van der Waals surface area contributed by atoms with Crippen molar-refractivity contribution in [3.63, 3.8) is 0 Å². The van der Waals surface area contributed by atoms with Crippen LogP contribution in [0, 0.1) is 5.92 Å². The molecule has 0 unspecified atom stereocenters. The number of esters is 1. The van der Waals surface area contributed by atoms with Gasteiger partial charge in [-0.2, -0.15) is 0 Å². The first-order chi connectivity index (χ1) is 14.0. The highest BCUT2D eigenvalue weighted by Crippen LogP contribution is 2.36. The van der Waals surface area contributed by atoms with Crippen molar-refractivity contribution in [3.05, 3.63) is 48.0 Å². The van der Waals surface area contributed by atoms with Gasteiger partial charge in [0, 0.05) is 24.7 Å². The van der Waals surface area contributed by atoms with E-state index in [0.29, 0.717) is 28.4 Å². The molecule has 1 atom stereocenters. The van der Waals surface area contributed by atoms with Crippen LogP contribution in [0.15, 0.2) is 42.5 Å². The summed E-state index contributed by atoms with van der Waals surface area (Å²) < 4.78 is 15.2. The Balaban J connectivity index is 1.71. The zero-order valence-electron chi connectivity index (χ0n) is 16.4. The molecule has 0 spiro atoms. The van der Waals surface area contributed by atoms with Gasteiger partial charge >= 0.3 is 5.97 Å². The molecule has 0 saturated carbocycles.